The van der Waals surface area contributed by atoms with Gasteiger partial charge in [0.1, 0.15) is 0 Å². The molecule has 1 aromatic carbocycles. The quantitative estimate of drug-likeness (QED) is 0.821. The second-order valence-electron chi connectivity index (χ2n) is 6.92. The van der Waals surface area contributed by atoms with E-state index >= 15 is 0 Å². The molecule has 0 spiro atoms. The number of nitrogens with zero attached hydrogens (tertiary/aromatic N) is 2. The Hall–Kier alpha value is -1.34. The Morgan fingerprint density at radius 2 is 1.96 bits per heavy atom. The van der Waals surface area contributed by atoms with Crippen molar-refractivity contribution in [3.63, 3.8) is 0 Å². The average Bonchev–Trinajstić information content (AvgIpc) is 3.26. The summed E-state index contributed by atoms with van der Waals surface area (Å²) >= 11 is 1.46. The lowest BCUT2D eigenvalue weighted by Crippen LogP contribution is -2.37. The van der Waals surface area contributed by atoms with Crippen LogP contribution >= 0.6 is 11.8 Å². The second kappa shape index (κ2) is 5.88. The van der Waals surface area contributed by atoms with Crippen molar-refractivity contribution in [3.05, 3.63) is 35.4 Å². The molecule has 0 bridgehead atoms. The maximum Gasteiger partial charge on any atom is 0.251 e. The van der Waals surface area contributed by atoms with Crippen molar-refractivity contribution in [1.29, 1.82) is 0 Å². The molecule has 1 saturated carbocycles. The van der Waals surface area contributed by atoms with Crippen molar-refractivity contribution in [2.24, 2.45) is 10.9 Å². The van der Waals surface area contributed by atoms with Crippen LogP contribution in [0.2, 0.25) is 0 Å². The molecule has 2 aliphatic heterocycles. The van der Waals surface area contributed by atoms with Crippen LogP contribution in [0.3, 0.4) is 0 Å². The molecule has 0 radical (unpaired) electrons. The van der Waals surface area contributed by atoms with Gasteiger partial charge in [-0.2, -0.15) is 4.99 Å². The third-order valence-electron chi connectivity index (χ3n) is 4.78. The monoisotopic (exact) mass is 364 g/mol. The molecule has 24 heavy (non-hydrogen) atoms. The van der Waals surface area contributed by atoms with E-state index in [0.29, 0.717) is 11.7 Å². The summed E-state index contributed by atoms with van der Waals surface area (Å²) in [6.45, 7) is 2.64. The Morgan fingerprint density at radius 3 is 2.62 bits per heavy atom. The summed E-state index contributed by atoms with van der Waals surface area (Å²) in [7, 11) is -3.00. The van der Waals surface area contributed by atoms with Crippen LogP contribution in [0.4, 0.5) is 0 Å². The molecule has 2 atom stereocenters. The van der Waals surface area contributed by atoms with Crippen molar-refractivity contribution >= 4 is 32.7 Å². The lowest BCUT2D eigenvalue weighted by Gasteiger charge is -2.24. The zero-order valence-electron chi connectivity index (χ0n) is 13.5. The van der Waals surface area contributed by atoms with Crippen LogP contribution < -0.4 is 0 Å². The van der Waals surface area contributed by atoms with E-state index < -0.39 is 9.84 Å². The fourth-order valence-electron chi connectivity index (χ4n) is 3.23. The number of fused-ring (bicyclic) bond motifs is 1. The van der Waals surface area contributed by atoms with E-state index in [1.54, 1.807) is 0 Å². The van der Waals surface area contributed by atoms with Gasteiger partial charge >= 0.3 is 0 Å². The minimum absolute atomic E-state index is 0.00815. The number of rotatable bonds is 3. The van der Waals surface area contributed by atoms with Crippen LogP contribution in [0, 0.1) is 12.8 Å². The van der Waals surface area contributed by atoms with Gasteiger partial charge in [-0.15, -0.1) is 0 Å². The molecule has 2 saturated heterocycles. The van der Waals surface area contributed by atoms with Gasteiger partial charge in [0.25, 0.3) is 5.91 Å². The Balaban J connectivity index is 1.61. The molecule has 1 amide bonds. The van der Waals surface area contributed by atoms with Gasteiger partial charge < -0.3 is 4.90 Å². The number of carbonyl (C=O) groups excluding carboxylic acids is 1. The third kappa shape index (κ3) is 3.24. The van der Waals surface area contributed by atoms with Crippen molar-refractivity contribution < 1.29 is 13.2 Å². The zero-order chi connectivity index (χ0) is 16.9. The Labute approximate surface area is 146 Å². The lowest BCUT2D eigenvalue weighted by molar-refractivity contribution is -0.118. The highest BCUT2D eigenvalue weighted by Crippen LogP contribution is 2.40. The van der Waals surface area contributed by atoms with E-state index in [-0.39, 0.29) is 34.6 Å². The molecular formula is C17H20N2O3S2. The summed E-state index contributed by atoms with van der Waals surface area (Å²) in [5.41, 5.74) is 2.30. The molecule has 0 aromatic heterocycles. The highest BCUT2D eigenvalue weighted by molar-refractivity contribution is 8.15. The van der Waals surface area contributed by atoms with E-state index in [0.717, 1.165) is 18.4 Å². The molecular weight excluding hydrogens is 344 g/mol. The van der Waals surface area contributed by atoms with Gasteiger partial charge in [0.2, 0.25) is 0 Å². The molecule has 1 aromatic rings. The van der Waals surface area contributed by atoms with E-state index in [4.69, 9.17) is 0 Å². The molecule has 128 valence electrons. The number of benzene rings is 1. The van der Waals surface area contributed by atoms with Gasteiger partial charge in [-0.1, -0.05) is 41.6 Å². The van der Waals surface area contributed by atoms with E-state index in [1.165, 1.54) is 17.3 Å². The molecule has 5 nitrogen and oxygen atoms in total. The number of hydrogen-bond acceptors (Lipinski definition) is 4. The van der Waals surface area contributed by atoms with Gasteiger partial charge in [-0.3, -0.25) is 4.79 Å². The Bertz CT molecular complexity index is 798. The molecule has 1 aliphatic carbocycles. The summed E-state index contributed by atoms with van der Waals surface area (Å²) in [6.07, 6.45) is 1.86. The third-order valence-corrected chi connectivity index (χ3v) is 8.03. The maximum absolute atomic E-state index is 12.1. The Morgan fingerprint density at radius 1 is 1.25 bits per heavy atom. The van der Waals surface area contributed by atoms with E-state index in [2.05, 4.69) is 17.1 Å². The number of aliphatic imine (C=N–C) groups is 1. The number of amidine groups is 1. The van der Waals surface area contributed by atoms with Crippen molar-refractivity contribution in [1.82, 2.24) is 4.90 Å². The maximum atomic E-state index is 12.1. The van der Waals surface area contributed by atoms with Crippen LogP contribution in [0.25, 0.3) is 0 Å². The van der Waals surface area contributed by atoms with E-state index in [9.17, 15) is 13.2 Å². The number of amides is 1. The molecule has 7 heteroatoms. The second-order valence-corrected chi connectivity index (χ2v) is 10.3. The van der Waals surface area contributed by atoms with Crippen LogP contribution in [-0.2, 0) is 21.2 Å². The first-order valence-corrected chi connectivity index (χ1v) is 10.9. The molecule has 3 aliphatic rings. The van der Waals surface area contributed by atoms with E-state index in [1.807, 2.05) is 24.0 Å². The first-order valence-electron chi connectivity index (χ1n) is 8.23. The minimum atomic E-state index is -3.00. The zero-order valence-corrected chi connectivity index (χ0v) is 15.1. The highest BCUT2D eigenvalue weighted by Gasteiger charge is 2.49. The normalized spacial score (nSPS) is 29.9. The molecule has 4 rings (SSSR count). The summed E-state index contributed by atoms with van der Waals surface area (Å²) < 4.78 is 24.0. The lowest BCUT2D eigenvalue weighted by atomic mass is 10.1. The molecule has 0 N–H and O–H groups in total. The van der Waals surface area contributed by atoms with Crippen LogP contribution in [0.1, 0.15) is 24.0 Å². The fraction of sp³-hybridized carbons (Fsp3) is 0.529. The van der Waals surface area contributed by atoms with Gasteiger partial charge in [-0.25, -0.2) is 8.42 Å². The van der Waals surface area contributed by atoms with Crippen molar-refractivity contribution in [2.75, 3.05) is 11.5 Å². The van der Waals surface area contributed by atoms with Gasteiger partial charge in [0, 0.05) is 17.7 Å². The molecule has 2 heterocycles. The topological polar surface area (TPSA) is 66.8 Å². The smallest absolute Gasteiger partial charge is 0.251 e. The first-order chi connectivity index (χ1) is 11.4. The summed E-state index contributed by atoms with van der Waals surface area (Å²) in [5.74, 6) is 0.383. The Kier molecular flexibility index (Phi) is 3.95. The summed E-state index contributed by atoms with van der Waals surface area (Å²) in [4.78, 5) is 18.5. The van der Waals surface area contributed by atoms with Crippen molar-refractivity contribution in [3.8, 4) is 0 Å². The van der Waals surface area contributed by atoms with Crippen molar-refractivity contribution in [2.45, 2.75) is 37.6 Å². The SMILES string of the molecule is Cc1ccc(CN2C(=NC(=O)C3CC3)SC3CS(=O)(=O)CC32)cc1. The highest BCUT2D eigenvalue weighted by atomic mass is 32.2. The fourth-order valence-corrected chi connectivity index (χ4v) is 7.18. The van der Waals surface area contributed by atoms with Crippen LogP contribution in [0.5, 0.6) is 0 Å². The summed E-state index contributed by atoms with van der Waals surface area (Å²) in [6, 6.07) is 8.13. The average molecular weight is 364 g/mol. The van der Waals surface area contributed by atoms with Gasteiger partial charge in [0.15, 0.2) is 15.0 Å². The van der Waals surface area contributed by atoms with Gasteiger partial charge in [0.05, 0.1) is 17.5 Å². The van der Waals surface area contributed by atoms with Crippen LogP contribution in [-0.4, -0.2) is 47.2 Å². The predicted molar refractivity (Wildman–Crippen MR) is 95.7 cm³/mol. The standard InChI is InChI=1S/C17H20N2O3S2/c1-11-2-4-12(5-3-11)8-19-14-9-24(21,22)10-15(14)23-17(19)18-16(20)13-6-7-13/h2-5,13-15H,6-10H2,1H3. The first kappa shape index (κ1) is 16.1. The number of aryl methyl sites for hydroxylation is 1. The number of thioether (sulfide) groups is 1. The molecule has 2 unspecified atom stereocenters. The predicted octanol–water partition coefficient (Wildman–Crippen LogP) is 2.00. The van der Waals surface area contributed by atoms with Gasteiger partial charge in [-0.05, 0) is 25.3 Å². The summed E-state index contributed by atoms with van der Waals surface area (Å²) in [5, 5.41) is 0.698. The minimum Gasteiger partial charge on any atom is -0.342 e. The molecule has 3 fully saturated rings. The number of hydrogen-bond donors (Lipinski definition) is 0. The largest absolute Gasteiger partial charge is 0.342 e. The number of carbonyl (C=O) groups is 1. The number of sulfone groups is 1. The van der Waals surface area contributed by atoms with Crippen LogP contribution in [0.15, 0.2) is 29.3 Å².